The fourth-order valence-electron chi connectivity index (χ4n) is 4.59. The second-order valence-corrected chi connectivity index (χ2v) is 10.8. The molecule has 0 spiro atoms. The molecule has 2 nitrogen and oxygen atoms in total. The zero-order chi connectivity index (χ0) is 26.2. The van der Waals surface area contributed by atoms with Crippen LogP contribution in [0.1, 0.15) is 181 Å². The fourth-order valence-corrected chi connectivity index (χ4v) is 4.59. The van der Waals surface area contributed by atoms with Crippen molar-refractivity contribution in [2.75, 3.05) is 6.61 Å². The number of ether oxygens (including phenoxy) is 1. The summed E-state index contributed by atoms with van der Waals surface area (Å²) in [5.41, 5.74) is 0. The van der Waals surface area contributed by atoms with E-state index in [0.29, 0.717) is 13.0 Å². The average Bonchev–Trinajstić information content (AvgIpc) is 2.88. The van der Waals surface area contributed by atoms with Gasteiger partial charge < -0.3 is 4.74 Å². The molecule has 0 fully saturated rings. The van der Waals surface area contributed by atoms with Gasteiger partial charge in [-0.05, 0) is 64.2 Å². The predicted molar refractivity (Wildman–Crippen MR) is 161 cm³/mol. The highest BCUT2D eigenvalue weighted by Crippen LogP contribution is 2.11. The molecule has 0 bridgehead atoms. The molecule has 0 heterocycles. The van der Waals surface area contributed by atoms with E-state index >= 15 is 0 Å². The Morgan fingerprint density at radius 1 is 0.444 bits per heavy atom. The Labute approximate surface area is 227 Å². The third-order valence-electron chi connectivity index (χ3n) is 7.06. The van der Waals surface area contributed by atoms with Gasteiger partial charge in [-0.25, -0.2) is 0 Å². The first kappa shape index (κ1) is 35.0. The summed E-state index contributed by atoms with van der Waals surface area (Å²) in [6.45, 7) is 5.16. The number of carbonyl (C=O) groups excluding carboxylic acids is 1. The summed E-state index contributed by atoms with van der Waals surface area (Å²) < 4.78 is 5.41. The van der Waals surface area contributed by atoms with Gasteiger partial charge in [0.2, 0.25) is 0 Å². The van der Waals surface area contributed by atoms with Gasteiger partial charge in [0.25, 0.3) is 0 Å². The number of unbranched alkanes of at least 4 members (excludes halogenated alkanes) is 21. The number of esters is 1. The number of allylic oxidation sites excluding steroid dienone is 4. The highest BCUT2D eigenvalue weighted by molar-refractivity contribution is 5.69. The van der Waals surface area contributed by atoms with Gasteiger partial charge in [0.1, 0.15) is 0 Å². The first-order valence-electron chi connectivity index (χ1n) is 16.3. The summed E-state index contributed by atoms with van der Waals surface area (Å²) in [6, 6.07) is 0. The van der Waals surface area contributed by atoms with E-state index in [9.17, 15) is 4.79 Å². The van der Waals surface area contributed by atoms with Crippen LogP contribution in [0, 0.1) is 0 Å². The van der Waals surface area contributed by atoms with Gasteiger partial charge in [-0.2, -0.15) is 0 Å². The van der Waals surface area contributed by atoms with E-state index in [0.717, 1.165) is 19.3 Å². The smallest absolute Gasteiger partial charge is 0.305 e. The lowest BCUT2D eigenvalue weighted by Gasteiger charge is -2.05. The molecule has 0 atom stereocenters. The van der Waals surface area contributed by atoms with E-state index in [1.807, 2.05) is 0 Å². The van der Waals surface area contributed by atoms with Crippen LogP contribution in [0.15, 0.2) is 24.3 Å². The quantitative estimate of drug-likeness (QED) is 0.0575. The number of hydrogen-bond acceptors (Lipinski definition) is 2. The third kappa shape index (κ3) is 31.0. The van der Waals surface area contributed by atoms with E-state index in [-0.39, 0.29) is 5.97 Å². The Morgan fingerprint density at radius 3 is 1.22 bits per heavy atom. The predicted octanol–water partition coefficient (Wildman–Crippen LogP) is 11.8. The Bertz CT molecular complexity index is 480. The van der Waals surface area contributed by atoms with Crippen molar-refractivity contribution in [1.29, 1.82) is 0 Å². The van der Waals surface area contributed by atoms with Crippen molar-refractivity contribution < 1.29 is 9.53 Å². The summed E-state index contributed by atoms with van der Waals surface area (Å²) in [4.78, 5) is 11.9. The van der Waals surface area contributed by atoms with Gasteiger partial charge in [0, 0.05) is 6.42 Å². The minimum absolute atomic E-state index is 0.00810. The lowest BCUT2D eigenvalue weighted by atomic mass is 10.1. The lowest BCUT2D eigenvalue weighted by Crippen LogP contribution is -2.05. The van der Waals surface area contributed by atoms with E-state index in [1.165, 1.54) is 141 Å². The van der Waals surface area contributed by atoms with E-state index < -0.39 is 0 Å². The summed E-state index contributed by atoms with van der Waals surface area (Å²) >= 11 is 0. The normalized spacial score (nSPS) is 11.7. The van der Waals surface area contributed by atoms with Gasteiger partial charge in [-0.15, -0.1) is 0 Å². The highest BCUT2D eigenvalue weighted by atomic mass is 16.5. The van der Waals surface area contributed by atoms with Crippen molar-refractivity contribution in [3.63, 3.8) is 0 Å². The van der Waals surface area contributed by atoms with Crippen molar-refractivity contribution in [2.45, 2.75) is 181 Å². The molecule has 0 aromatic carbocycles. The molecule has 0 aliphatic rings. The first-order chi connectivity index (χ1) is 17.8. The van der Waals surface area contributed by atoms with Crippen LogP contribution in [0.3, 0.4) is 0 Å². The van der Waals surface area contributed by atoms with Crippen LogP contribution in [0.5, 0.6) is 0 Å². The van der Waals surface area contributed by atoms with Gasteiger partial charge >= 0.3 is 5.97 Å². The highest BCUT2D eigenvalue weighted by Gasteiger charge is 2.02. The molecule has 0 aromatic rings. The van der Waals surface area contributed by atoms with Gasteiger partial charge in [0.15, 0.2) is 0 Å². The summed E-state index contributed by atoms with van der Waals surface area (Å²) in [6.07, 6.45) is 42.2. The standard InChI is InChI=1S/C34H64O2/c1-3-5-7-9-11-13-15-17-18-19-21-23-25-27-29-31-33-36-34(35)32-30-28-26-24-22-20-16-14-12-10-8-6-4-2/h14,16-18H,3-13,15,19-33H2,1-2H3/b16-14-,18-17-. The van der Waals surface area contributed by atoms with Crippen LogP contribution < -0.4 is 0 Å². The molecule has 36 heavy (non-hydrogen) atoms. The molecule has 0 N–H and O–H groups in total. The van der Waals surface area contributed by atoms with Gasteiger partial charge in [-0.1, -0.05) is 134 Å². The average molecular weight is 505 g/mol. The minimum atomic E-state index is 0.00810. The third-order valence-corrected chi connectivity index (χ3v) is 7.06. The van der Waals surface area contributed by atoms with Crippen LogP contribution in [0.4, 0.5) is 0 Å². The molecule has 212 valence electrons. The zero-order valence-electron chi connectivity index (χ0n) is 24.7. The molecule has 0 aliphatic carbocycles. The van der Waals surface area contributed by atoms with Crippen molar-refractivity contribution in [1.82, 2.24) is 0 Å². The molecule has 0 aromatic heterocycles. The number of hydrogen-bond donors (Lipinski definition) is 0. The summed E-state index contributed by atoms with van der Waals surface area (Å²) in [5, 5.41) is 0. The molecule has 0 aliphatic heterocycles. The topological polar surface area (TPSA) is 26.3 Å². The molecular weight excluding hydrogens is 440 g/mol. The largest absolute Gasteiger partial charge is 0.466 e. The van der Waals surface area contributed by atoms with Crippen molar-refractivity contribution in [3.05, 3.63) is 24.3 Å². The SMILES string of the molecule is CCCCCC/C=C\CCCCCCCC(=O)OCCCCCCCC/C=C\CCCCCCCC. The molecule has 0 saturated carbocycles. The van der Waals surface area contributed by atoms with Crippen molar-refractivity contribution in [3.8, 4) is 0 Å². The maximum Gasteiger partial charge on any atom is 0.305 e. The summed E-state index contributed by atoms with van der Waals surface area (Å²) in [7, 11) is 0. The Hall–Kier alpha value is -1.05. The van der Waals surface area contributed by atoms with E-state index in [4.69, 9.17) is 4.74 Å². The molecular formula is C34H64O2. The molecule has 0 saturated heterocycles. The van der Waals surface area contributed by atoms with Crippen molar-refractivity contribution >= 4 is 5.97 Å². The van der Waals surface area contributed by atoms with Crippen LogP contribution in [0.25, 0.3) is 0 Å². The Balaban J connectivity index is 3.23. The maximum absolute atomic E-state index is 11.9. The Kier molecular flexibility index (Phi) is 31.0. The monoisotopic (exact) mass is 504 g/mol. The van der Waals surface area contributed by atoms with Crippen LogP contribution in [-0.4, -0.2) is 12.6 Å². The Morgan fingerprint density at radius 2 is 0.778 bits per heavy atom. The lowest BCUT2D eigenvalue weighted by molar-refractivity contribution is -0.143. The second-order valence-electron chi connectivity index (χ2n) is 10.8. The van der Waals surface area contributed by atoms with Crippen molar-refractivity contribution in [2.24, 2.45) is 0 Å². The fraction of sp³-hybridized carbons (Fsp3) is 0.853. The molecule has 0 unspecified atom stereocenters. The molecule has 0 radical (unpaired) electrons. The van der Waals surface area contributed by atoms with Crippen LogP contribution in [0.2, 0.25) is 0 Å². The molecule has 0 rings (SSSR count). The first-order valence-corrected chi connectivity index (χ1v) is 16.3. The minimum Gasteiger partial charge on any atom is -0.466 e. The second kappa shape index (κ2) is 32.0. The number of carbonyl (C=O) groups is 1. The van der Waals surface area contributed by atoms with Crippen LogP contribution >= 0.6 is 0 Å². The molecule has 2 heteroatoms. The van der Waals surface area contributed by atoms with E-state index in [2.05, 4.69) is 38.2 Å². The maximum atomic E-state index is 11.9. The van der Waals surface area contributed by atoms with Crippen LogP contribution in [-0.2, 0) is 9.53 Å². The van der Waals surface area contributed by atoms with Gasteiger partial charge in [-0.3, -0.25) is 4.79 Å². The summed E-state index contributed by atoms with van der Waals surface area (Å²) in [5.74, 6) is 0.00810. The number of rotatable bonds is 29. The molecule has 0 amide bonds. The zero-order valence-corrected chi connectivity index (χ0v) is 24.7. The van der Waals surface area contributed by atoms with E-state index in [1.54, 1.807) is 0 Å². The van der Waals surface area contributed by atoms with Gasteiger partial charge in [0.05, 0.1) is 6.61 Å².